The molecule has 1 aliphatic rings. The lowest BCUT2D eigenvalue weighted by molar-refractivity contribution is 0.0766. The van der Waals surface area contributed by atoms with Gasteiger partial charge in [0.2, 0.25) is 0 Å². The monoisotopic (exact) mass is 317 g/mol. The molecule has 1 N–H and O–H groups in total. The van der Waals surface area contributed by atoms with Gasteiger partial charge >= 0.3 is 0 Å². The number of fused-ring (bicyclic) bond motifs is 1. The first-order valence-corrected chi connectivity index (χ1v) is 8.14. The number of aliphatic hydroxyl groups is 1. The highest BCUT2D eigenvalue weighted by Crippen LogP contribution is 2.17. The molecule has 23 heavy (non-hydrogen) atoms. The molecule has 0 saturated carbocycles. The summed E-state index contributed by atoms with van der Waals surface area (Å²) < 4.78 is 1.67. The summed E-state index contributed by atoms with van der Waals surface area (Å²) in [5.74, 6) is -0.111. The fraction of sp³-hybridized carbons (Fsp3) is 0.562. The molecule has 1 saturated heterocycles. The lowest BCUT2D eigenvalue weighted by atomic mass is 10.2. The molecule has 0 bridgehead atoms. The predicted octanol–water partition coefficient (Wildman–Crippen LogP) is 0.778. The lowest BCUT2D eigenvalue weighted by Crippen LogP contribution is -2.29. The number of carbonyl (C=O) groups excluding carboxylic acids is 1. The maximum Gasteiger partial charge on any atom is 0.259 e. The molecule has 1 atom stereocenters. The molecule has 7 heteroatoms. The van der Waals surface area contributed by atoms with E-state index in [1.165, 1.54) is 0 Å². The quantitative estimate of drug-likeness (QED) is 0.882. The summed E-state index contributed by atoms with van der Waals surface area (Å²) in [5.41, 5.74) is 2.13. The van der Waals surface area contributed by atoms with E-state index in [0.29, 0.717) is 30.7 Å². The Morgan fingerprint density at radius 1 is 1.39 bits per heavy atom. The number of aromatic nitrogens is 3. The number of nitrogens with zero attached hydrogens (tertiary/aromatic N) is 5. The van der Waals surface area contributed by atoms with E-state index in [1.54, 1.807) is 15.6 Å². The van der Waals surface area contributed by atoms with Crippen LogP contribution in [-0.2, 0) is 6.54 Å². The number of aliphatic hydroxyl groups excluding tert-OH is 1. The zero-order chi connectivity index (χ0) is 16.4. The van der Waals surface area contributed by atoms with Crippen molar-refractivity contribution in [3.05, 3.63) is 29.7 Å². The molecule has 0 aromatic carbocycles. The van der Waals surface area contributed by atoms with Gasteiger partial charge in [-0.05, 0) is 19.5 Å². The number of rotatable bonds is 5. The number of carbonyl (C=O) groups is 1. The minimum Gasteiger partial charge on any atom is -0.391 e. The van der Waals surface area contributed by atoms with Gasteiger partial charge in [0.1, 0.15) is 5.56 Å². The summed E-state index contributed by atoms with van der Waals surface area (Å²) >= 11 is 0. The molecule has 0 spiro atoms. The van der Waals surface area contributed by atoms with Gasteiger partial charge in [-0.1, -0.05) is 13.8 Å². The Bertz CT molecular complexity index is 695. The number of likely N-dealkylation sites (tertiary alicyclic amines) is 1. The van der Waals surface area contributed by atoms with Crippen molar-refractivity contribution in [2.24, 2.45) is 0 Å². The van der Waals surface area contributed by atoms with Crippen LogP contribution in [0.5, 0.6) is 0 Å². The Balaban J connectivity index is 1.82. The molecule has 0 aliphatic carbocycles. The second-order valence-corrected chi connectivity index (χ2v) is 5.94. The van der Waals surface area contributed by atoms with Crippen LogP contribution in [0.25, 0.3) is 5.65 Å². The van der Waals surface area contributed by atoms with Crippen LogP contribution >= 0.6 is 0 Å². The largest absolute Gasteiger partial charge is 0.391 e. The van der Waals surface area contributed by atoms with Crippen LogP contribution in [-0.4, -0.2) is 67.7 Å². The minimum absolute atomic E-state index is 0.111. The molecule has 1 fully saturated rings. The molecule has 1 amide bonds. The summed E-state index contributed by atoms with van der Waals surface area (Å²) in [7, 11) is 0. The fourth-order valence-corrected chi connectivity index (χ4v) is 2.95. The lowest BCUT2D eigenvalue weighted by Gasteiger charge is -2.17. The summed E-state index contributed by atoms with van der Waals surface area (Å²) in [6, 6.07) is 0. The van der Waals surface area contributed by atoms with Crippen molar-refractivity contribution in [2.75, 3.05) is 26.2 Å². The molecule has 1 aliphatic heterocycles. The Kier molecular flexibility index (Phi) is 4.58. The van der Waals surface area contributed by atoms with Crippen molar-refractivity contribution in [1.29, 1.82) is 0 Å². The first kappa shape index (κ1) is 15.9. The number of hydrogen-bond acceptors (Lipinski definition) is 5. The third-order valence-corrected chi connectivity index (χ3v) is 4.39. The first-order chi connectivity index (χ1) is 11.1. The zero-order valence-corrected chi connectivity index (χ0v) is 13.6. The van der Waals surface area contributed by atoms with Gasteiger partial charge in [0.25, 0.3) is 5.91 Å². The number of hydrogen-bond donors (Lipinski definition) is 1. The van der Waals surface area contributed by atoms with Gasteiger partial charge in [-0.2, -0.15) is 5.10 Å². The van der Waals surface area contributed by atoms with Crippen LogP contribution in [0.3, 0.4) is 0 Å². The van der Waals surface area contributed by atoms with Gasteiger partial charge in [0.15, 0.2) is 5.65 Å². The average Bonchev–Trinajstić information content (AvgIpc) is 3.17. The smallest absolute Gasteiger partial charge is 0.259 e. The van der Waals surface area contributed by atoms with Gasteiger partial charge in [0, 0.05) is 37.6 Å². The van der Waals surface area contributed by atoms with Crippen molar-refractivity contribution >= 4 is 11.6 Å². The number of β-amino-alcohol motifs (C(OH)–C–C–N with tert-alkyl or cyclic N) is 1. The topological polar surface area (TPSA) is 74.0 Å². The second-order valence-electron chi connectivity index (χ2n) is 5.94. The molecular formula is C16H23N5O2. The van der Waals surface area contributed by atoms with Crippen LogP contribution in [0.2, 0.25) is 0 Å². The number of amides is 1. The van der Waals surface area contributed by atoms with Gasteiger partial charge in [0.05, 0.1) is 12.3 Å². The maximum atomic E-state index is 12.5. The highest BCUT2D eigenvalue weighted by molar-refractivity contribution is 5.99. The van der Waals surface area contributed by atoms with Crippen molar-refractivity contribution in [1.82, 2.24) is 24.4 Å². The van der Waals surface area contributed by atoms with Crippen molar-refractivity contribution in [3.63, 3.8) is 0 Å². The van der Waals surface area contributed by atoms with E-state index in [1.807, 2.05) is 12.4 Å². The molecule has 0 unspecified atom stereocenters. The van der Waals surface area contributed by atoms with Gasteiger partial charge in [-0.15, -0.1) is 0 Å². The average molecular weight is 317 g/mol. The molecule has 2 aromatic heterocycles. The molecule has 3 rings (SSSR count). The Hall–Kier alpha value is -1.99. The van der Waals surface area contributed by atoms with Gasteiger partial charge < -0.3 is 10.0 Å². The van der Waals surface area contributed by atoms with E-state index in [0.717, 1.165) is 25.2 Å². The zero-order valence-electron chi connectivity index (χ0n) is 13.6. The minimum atomic E-state index is -0.422. The van der Waals surface area contributed by atoms with Crippen LogP contribution in [0, 0.1) is 0 Å². The molecule has 3 heterocycles. The third-order valence-electron chi connectivity index (χ3n) is 4.39. The molecule has 7 nitrogen and oxygen atoms in total. The summed E-state index contributed by atoms with van der Waals surface area (Å²) in [5, 5.41) is 13.9. The van der Waals surface area contributed by atoms with Crippen molar-refractivity contribution in [3.8, 4) is 0 Å². The third kappa shape index (κ3) is 3.20. The Morgan fingerprint density at radius 3 is 2.83 bits per heavy atom. The van der Waals surface area contributed by atoms with Crippen molar-refractivity contribution < 1.29 is 9.90 Å². The van der Waals surface area contributed by atoms with Crippen molar-refractivity contribution in [2.45, 2.75) is 32.9 Å². The SMILES string of the molecule is CCN(CC)Cc1cnc2c(C(=O)N3CC[C@H](O)C3)cnn2c1. The normalized spacial score (nSPS) is 18.3. The van der Waals surface area contributed by atoms with E-state index < -0.39 is 6.10 Å². The molecular weight excluding hydrogens is 294 g/mol. The van der Waals surface area contributed by atoms with E-state index in [2.05, 4.69) is 28.8 Å². The van der Waals surface area contributed by atoms with Crippen LogP contribution in [0.15, 0.2) is 18.6 Å². The second kappa shape index (κ2) is 6.64. The van der Waals surface area contributed by atoms with E-state index in [-0.39, 0.29) is 5.91 Å². The highest BCUT2D eigenvalue weighted by atomic mass is 16.3. The van der Waals surface area contributed by atoms with E-state index >= 15 is 0 Å². The summed E-state index contributed by atoms with van der Waals surface area (Å²) in [6.45, 7) is 8.00. The van der Waals surface area contributed by atoms with E-state index in [9.17, 15) is 9.90 Å². The van der Waals surface area contributed by atoms with Crippen LogP contribution < -0.4 is 0 Å². The van der Waals surface area contributed by atoms with Gasteiger partial charge in [-0.3, -0.25) is 9.69 Å². The summed E-state index contributed by atoms with van der Waals surface area (Å²) in [4.78, 5) is 20.9. The fourth-order valence-electron chi connectivity index (χ4n) is 2.95. The Morgan fingerprint density at radius 2 is 2.17 bits per heavy atom. The molecule has 124 valence electrons. The standard InChI is InChI=1S/C16H23N5O2/c1-3-19(4-2)9-12-7-17-15-14(8-18-21(15)10-12)16(23)20-6-5-13(22)11-20/h7-8,10,13,22H,3-6,9,11H2,1-2H3/t13-/m0/s1. The van der Waals surface area contributed by atoms with Gasteiger partial charge in [-0.25, -0.2) is 9.50 Å². The van der Waals surface area contributed by atoms with Crippen LogP contribution in [0.4, 0.5) is 0 Å². The molecule has 0 radical (unpaired) electrons. The van der Waals surface area contributed by atoms with E-state index in [4.69, 9.17) is 0 Å². The van der Waals surface area contributed by atoms with Crippen LogP contribution in [0.1, 0.15) is 36.2 Å². The summed E-state index contributed by atoms with van der Waals surface area (Å²) in [6.07, 6.45) is 5.51. The Labute approximate surface area is 135 Å². The maximum absolute atomic E-state index is 12.5. The molecule has 2 aromatic rings. The first-order valence-electron chi connectivity index (χ1n) is 8.14. The predicted molar refractivity (Wildman–Crippen MR) is 86.1 cm³/mol. The highest BCUT2D eigenvalue weighted by Gasteiger charge is 2.27.